The van der Waals surface area contributed by atoms with Crippen LogP contribution in [0.3, 0.4) is 0 Å². The van der Waals surface area contributed by atoms with Crippen LogP contribution in [0.25, 0.3) is 32.3 Å². The highest BCUT2D eigenvalue weighted by atomic mass is 16.5. The molecule has 14 nitrogen and oxygen atoms in total. The van der Waals surface area contributed by atoms with Crippen LogP contribution in [0.4, 0.5) is 17.1 Å². The molecule has 0 saturated carbocycles. The smallest absolute Gasteiger partial charge is 0.323 e. The molecular formula is C40H35N3O11. The second kappa shape index (κ2) is 16.1. The Morgan fingerprint density at radius 3 is 1.80 bits per heavy atom. The summed E-state index contributed by atoms with van der Waals surface area (Å²) in [7, 11) is 0. The summed E-state index contributed by atoms with van der Waals surface area (Å²) in [6.07, 6.45) is -0.358. The van der Waals surface area contributed by atoms with Gasteiger partial charge in [0.25, 0.3) is 5.91 Å². The lowest BCUT2D eigenvalue weighted by Crippen LogP contribution is -2.34. The Hall–Kier alpha value is -7.09. The maximum Gasteiger partial charge on any atom is 0.323 e. The quantitative estimate of drug-likeness (QED) is 0.0537. The van der Waals surface area contributed by atoms with E-state index in [1.165, 1.54) is 23.1 Å². The van der Waals surface area contributed by atoms with Gasteiger partial charge >= 0.3 is 23.9 Å². The molecular weight excluding hydrogens is 698 g/mol. The van der Waals surface area contributed by atoms with Crippen LogP contribution in [-0.4, -0.2) is 89.6 Å². The third-order valence-electron chi connectivity index (χ3n) is 8.71. The molecule has 0 unspecified atom stereocenters. The van der Waals surface area contributed by atoms with E-state index < -0.39 is 49.4 Å². The lowest BCUT2D eigenvalue weighted by Gasteiger charge is -2.26. The van der Waals surface area contributed by atoms with Crippen molar-refractivity contribution in [3.63, 3.8) is 0 Å². The number of carboxylic acid groups (broad SMARTS) is 4. The average Bonchev–Trinajstić information content (AvgIpc) is 3.13. The van der Waals surface area contributed by atoms with Gasteiger partial charge in [-0.3, -0.25) is 24.0 Å². The molecule has 0 heterocycles. The number of rotatable bonds is 18. The lowest BCUT2D eigenvalue weighted by atomic mass is 9.92. The van der Waals surface area contributed by atoms with Gasteiger partial charge in [0.1, 0.15) is 44.3 Å². The molecule has 0 spiro atoms. The lowest BCUT2D eigenvalue weighted by molar-refractivity contribution is -0.138. The van der Waals surface area contributed by atoms with Crippen molar-refractivity contribution < 1.29 is 53.9 Å². The van der Waals surface area contributed by atoms with Gasteiger partial charge in [-0.25, -0.2) is 0 Å². The van der Waals surface area contributed by atoms with Crippen LogP contribution in [0.15, 0.2) is 97.1 Å². The summed E-state index contributed by atoms with van der Waals surface area (Å²) >= 11 is 0. The third kappa shape index (κ3) is 8.34. The van der Waals surface area contributed by atoms with E-state index >= 15 is 0 Å². The van der Waals surface area contributed by atoms with Gasteiger partial charge in [0.2, 0.25) is 0 Å². The van der Waals surface area contributed by atoms with E-state index in [-0.39, 0.29) is 49.1 Å². The van der Waals surface area contributed by atoms with Crippen LogP contribution < -0.4 is 24.6 Å². The van der Waals surface area contributed by atoms with Crippen LogP contribution in [-0.2, 0) is 19.2 Å². The Morgan fingerprint density at radius 2 is 1.13 bits per heavy atom. The number of carbonyl (C=O) groups is 5. The molecule has 0 saturated heterocycles. The normalized spacial score (nSPS) is 11.0. The van der Waals surface area contributed by atoms with Crippen LogP contribution in [0.5, 0.6) is 11.5 Å². The summed E-state index contributed by atoms with van der Waals surface area (Å²) in [5, 5.41) is 46.4. The first kappa shape index (κ1) is 36.7. The fourth-order valence-corrected chi connectivity index (χ4v) is 6.48. The number of carbonyl (C=O) groups excluding carboxylic acids is 1. The van der Waals surface area contributed by atoms with Crippen molar-refractivity contribution >= 4 is 79.2 Å². The number of amides is 1. The molecule has 6 aromatic carbocycles. The summed E-state index contributed by atoms with van der Waals surface area (Å²) in [6.45, 7) is -2.11. The Balaban J connectivity index is 1.27. The number of aliphatic carboxylic acids is 4. The number of para-hydroxylation sites is 2. The molecule has 0 bridgehead atoms. The molecule has 6 rings (SSSR count). The molecule has 0 aromatic heterocycles. The van der Waals surface area contributed by atoms with E-state index in [4.69, 9.17) is 9.47 Å². The van der Waals surface area contributed by atoms with Gasteiger partial charge in [-0.2, -0.15) is 0 Å². The van der Waals surface area contributed by atoms with Crippen molar-refractivity contribution in [2.75, 3.05) is 54.5 Å². The average molecular weight is 734 g/mol. The Bertz CT molecular complexity index is 2350. The number of hydrogen-bond acceptors (Lipinski definition) is 9. The van der Waals surface area contributed by atoms with Gasteiger partial charge in [-0.05, 0) is 62.6 Å². The summed E-state index contributed by atoms with van der Waals surface area (Å²) in [4.78, 5) is 62.4. The van der Waals surface area contributed by atoms with E-state index in [2.05, 4.69) is 11.4 Å². The van der Waals surface area contributed by atoms with Crippen molar-refractivity contribution in [3.05, 3.63) is 103 Å². The van der Waals surface area contributed by atoms with Gasteiger partial charge in [-0.1, -0.05) is 60.7 Å². The van der Waals surface area contributed by atoms with Gasteiger partial charge in [0, 0.05) is 23.9 Å². The minimum absolute atomic E-state index is 0.113. The standard InChI is InChI=1S/C40H35N3O11/c44-34(45)16-17-42(21-35(46)47)31-15-12-27(20-33(31)54-19-18-53-32-7-2-1-6-30(32)43(22-36(48)49)23-37(50)51)41-40(52)29-14-11-26-9-8-24-4-3-5-25-10-13-28(29)39(26)38(24)25/h1-15,20H,16-19,21-23H2,(H,41,52)(H,44,45)(H,46,47)(H,48,49)(H,50,51). The molecule has 5 N–H and O–H groups in total. The highest BCUT2D eigenvalue weighted by Crippen LogP contribution is 2.37. The molecule has 0 atom stereocenters. The van der Waals surface area contributed by atoms with E-state index in [1.807, 2.05) is 42.5 Å². The number of hydrogen-bond donors (Lipinski definition) is 5. The van der Waals surface area contributed by atoms with Crippen molar-refractivity contribution in [1.29, 1.82) is 0 Å². The Labute approximate surface area is 307 Å². The highest BCUT2D eigenvalue weighted by Gasteiger charge is 2.21. The molecule has 14 heteroatoms. The summed E-state index contributed by atoms with van der Waals surface area (Å²) < 4.78 is 12.0. The molecule has 0 aliphatic carbocycles. The van der Waals surface area contributed by atoms with Crippen LogP contribution >= 0.6 is 0 Å². The number of anilines is 3. The molecule has 0 fully saturated rings. The van der Waals surface area contributed by atoms with Crippen molar-refractivity contribution in [1.82, 2.24) is 0 Å². The fraction of sp³-hybridized carbons (Fsp3) is 0.175. The number of nitrogens with zero attached hydrogens (tertiary/aromatic N) is 2. The summed E-state index contributed by atoms with van der Waals surface area (Å²) in [5.41, 5.74) is 1.25. The van der Waals surface area contributed by atoms with E-state index in [9.17, 15) is 44.4 Å². The van der Waals surface area contributed by atoms with Crippen molar-refractivity contribution in [2.24, 2.45) is 0 Å². The monoisotopic (exact) mass is 733 g/mol. The first-order valence-corrected chi connectivity index (χ1v) is 16.8. The number of carboxylic acids is 4. The van der Waals surface area contributed by atoms with Crippen molar-refractivity contribution in [3.8, 4) is 11.5 Å². The van der Waals surface area contributed by atoms with E-state index in [0.29, 0.717) is 11.3 Å². The van der Waals surface area contributed by atoms with Crippen LogP contribution in [0, 0.1) is 0 Å². The van der Waals surface area contributed by atoms with Crippen LogP contribution in [0.2, 0.25) is 0 Å². The molecule has 276 valence electrons. The maximum atomic E-state index is 13.8. The SMILES string of the molecule is O=C(O)CCN(CC(=O)O)c1ccc(NC(=O)c2ccc3ccc4cccc5ccc2c3c45)cc1OCCOc1ccccc1N(CC(=O)O)CC(=O)O. The first-order chi connectivity index (χ1) is 26.0. The third-order valence-corrected chi connectivity index (χ3v) is 8.71. The zero-order valence-electron chi connectivity index (χ0n) is 28.7. The zero-order chi connectivity index (χ0) is 38.4. The molecule has 0 aliphatic heterocycles. The number of ether oxygens (including phenoxy) is 2. The zero-order valence-corrected chi connectivity index (χ0v) is 28.7. The molecule has 6 aromatic rings. The number of nitrogens with one attached hydrogen (secondary N) is 1. The maximum absolute atomic E-state index is 13.8. The van der Waals surface area contributed by atoms with Gasteiger partial charge in [0.15, 0.2) is 0 Å². The van der Waals surface area contributed by atoms with Crippen molar-refractivity contribution in [2.45, 2.75) is 6.42 Å². The summed E-state index contributed by atoms with van der Waals surface area (Å²) in [6, 6.07) is 28.6. The first-order valence-electron chi connectivity index (χ1n) is 16.8. The topological polar surface area (TPSA) is 203 Å². The molecule has 54 heavy (non-hydrogen) atoms. The van der Waals surface area contributed by atoms with Crippen LogP contribution in [0.1, 0.15) is 16.8 Å². The van der Waals surface area contributed by atoms with Gasteiger partial charge in [-0.15, -0.1) is 0 Å². The van der Waals surface area contributed by atoms with E-state index in [0.717, 1.165) is 37.2 Å². The molecule has 0 radical (unpaired) electrons. The minimum Gasteiger partial charge on any atom is -0.488 e. The minimum atomic E-state index is -1.23. The molecule has 0 aliphatic rings. The van der Waals surface area contributed by atoms with Gasteiger partial charge in [0.05, 0.1) is 17.8 Å². The second-order valence-electron chi connectivity index (χ2n) is 12.4. The van der Waals surface area contributed by atoms with Gasteiger partial charge < -0.3 is 45.0 Å². The Kier molecular flexibility index (Phi) is 10.9. The number of benzene rings is 6. The largest absolute Gasteiger partial charge is 0.488 e. The summed E-state index contributed by atoms with van der Waals surface area (Å²) in [5.74, 6) is -4.87. The second-order valence-corrected chi connectivity index (χ2v) is 12.4. The predicted octanol–water partition coefficient (Wildman–Crippen LogP) is 5.64. The predicted molar refractivity (Wildman–Crippen MR) is 202 cm³/mol. The molecule has 1 amide bonds. The fourth-order valence-electron chi connectivity index (χ4n) is 6.48. The highest BCUT2D eigenvalue weighted by molar-refractivity contribution is 6.27. The Morgan fingerprint density at radius 1 is 0.556 bits per heavy atom. The van der Waals surface area contributed by atoms with E-state index in [1.54, 1.807) is 30.3 Å².